The number of hydrogen-bond acceptors (Lipinski definition) is 11. The molecule has 1 fully saturated rings. The smallest absolute Gasteiger partial charge is 0.339 e. The van der Waals surface area contributed by atoms with E-state index in [0.29, 0.717) is 17.2 Å². The van der Waals surface area contributed by atoms with Gasteiger partial charge in [-0.25, -0.2) is 27.6 Å². The van der Waals surface area contributed by atoms with Crippen LogP contribution in [0.3, 0.4) is 0 Å². The molecule has 11 nitrogen and oxygen atoms in total. The van der Waals surface area contributed by atoms with Gasteiger partial charge in [0.1, 0.15) is 36.7 Å². The van der Waals surface area contributed by atoms with Crippen LogP contribution in [0, 0.1) is 28.8 Å². The van der Waals surface area contributed by atoms with Gasteiger partial charge in [0, 0.05) is 28.0 Å². The number of aromatic nitrogens is 3. The lowest BCUT2D eigenvalue weighted by Crippen LogP contribution is -2.47. The van der Waals surface area contributed by atoms with Crippen LogP contribution in [0.5, 0.6) is 0 Å². The molecule has 0 saturated carbocycles. The van der Waals surface area contributed by atoms with Gasteiger partial charge in [-0.05, 0) is 43.3 Å². The summed E-state index contributed by atoms with van der Waals surface area (Å²) >= 11 is 1.31. The zero-order chi connectivity index (χ0) is 37.1. The fourth-order valence-corrected chi connectivity index (χ4v) is 6.77. The minimum Gasteiger partial charge on any atom is -0.460 e. The van der Waals surface area contributed by atoms with Gasteiger partial charge in [-0.15, -0.1) is 11.8 Å². The van der Waals surface area contributed by atoms with Gasteiger partial charge in [0.2, 0.25) is 0 Å². The lowest BCUT2D eigenvalue weighted by molar-refractivity contribution is -0.146. The van der Waals surface area contributed by atoms with Gasteiger partial charge in [-0.1, -0.05) is 42.5 Å². The van der Waals surface area contributed by atoms with Gasteiger partial charge in [0.05, 0.1) is 48.7 Å². The Labute approximate surface area is 301 Å². The Morgan fingerprint density at radius 1 is 1.12 bits per heavy atom. The molecule has 0 aliphatic carbocycles. The van der Waals surface area contributed by atoms with Crippen molar-refractivity contribution in [3.63, 3.8) is 0 Å². The molecule has 2 heterocycles. The maximum Gasteiger partial charge on any atom is 0.339 e. The fourth-order valence-electron chi connectivity index (χ4n) is 5.41. The van der Waals surface area contributed by atoms with Crippen LogP contribution < -0.4 is 5.73 Å². The lowest BCUT2D eigenvalue weighted by Gasteiger charge is -2.40. The van der Waals surface area contributed by atoms with E-state index in [1.807, 2.05) is 6.07 Å². The maximum absolute atomic E-state index is 15.8. The summed E-state index contributed by atoms with van der Waals surface area (Å²) in [7, 11) is 0. The Kier molecular flexibility index (Phi) is 13.0. The number of carbonyl (C=O) groups excluding carboxylic acids is 2. The average molecular weight is 734 g/mol. The Morgan fingerprint density at radius 3 is 2.60 bits per heavy atom. The summed E-state index contributed by atoms with van der Waals surface area (Å²) in [5, 5.41) is 12.1. The molecule has 0 spiro atoms. The van der Waals surface area contributed by atoms with Gasteiger partial charge in [0.15, 0.2) is 11.9 Å². The third-order valence-electron chi connectivity index (χ3n) is 8.05. The third-order valence-corrected chi connectivity index (χ3v) is 9.49. The van der Waals surface area contributed by atoms with E-state index in [2.05, 4.69) is 10.1 Å². The fraction of sp³-hybridized carbons (Fsp3) is 0.270. The van der Waals surface area contributed by atoms with E-state index >= 15 is 4.39 Å². The Bertz CT molecular complexity index is 1960. The standard InChI is InChI=1S/C37H34F3N5O6S/c1-24(52-29-19-49-35(50-20-29)9-5-3-6-26-11-10-25(16-41)14-32(26)39)37(21-45-23-43-22-44-45,31-13-12-28(38)15-33(31)40)51-36(47)30-8-4-2-7-27(30)18-48-34(46)17-42/h2-15,22-24,29,35H,17-21,42H2,1H3/b6-3+,9-5+/t24-,29?,35?,37-/m1/s1. The predicted octanol–water partition coefficient (Wildman–Crippen LogP) is 5.45. The quantitative estimate of drug-likeness (QED) is 0.130. The first-order valence-electron chi connectivity index (χ1n) is 16.0. The molecular formula is C37H34F3N5O6S. The van der Waals surface area contributed by atoms with Crippen molar-refractivity contribution in [2.24, 2.45) is 5.73 Å². The highest BCUT2D eigenvalue weighted by Crippen LogP contribution is 2.42. The molecule has 1 aliphatic rings. The molecule has 52 heavy (non-hydrogen) atoms. The number of allylic oxidation sites excluding steroid dienone is 2. The molecule has 1 saturated heterocycles. The van der Waals surface area contributed by atoms with Gasteiger partial charge in [0.25, 0.3) is 0 Å². The second kappa shape index (κ2) is 17.8. The van der Waals surface area contributed by atoms with Gasteiger partial charge in [-0.3, -0.25) is 4.79 Å². The number of ether oxygens (including phenoxy) is 4. The van der Waals surface area contributed by atoms with Crippen LogP contribution >= 0.6 is 11.8 Å². The maximum atomic E-state index is 15.8. The first-order chi connectivity index (χ1) is 25.1. The van der Waals surface area contributed by atoms with E-state index in [0.717, 1.165) is 12.1 Å². The number of nitriles is 1. The van der Waals surface area contributed by atoms with Crippen molar-refractivity contribution in [1.82, 2.24) is 14.8 Å². The van der Waals surface area contributed by atoms with E-state index in [-0.39, 0.29) is 54.9 Å². The van der Waals surface area contributed by atoms with Crippen molar-refractivity contribution in [3.8, 4) is 6.07 Å². The number of benzene rings is 3. The highest BCUT2D eigenvalue weighted by Gasteiger charge is 2.47. The molecule has 270 valence electrons. The molecule has 5 rings (SSSR count). The molecule has 1 aromatic heterocycles. The first kappa shape index (κ1) is 38.0. The van der Waals surface area contributed by atoms with Crippen molar-refractivity contribution >= 4 is 29.8 Å². The summed E-state index contributed by atoms with van der Waals surface area (Å²) in [6.45, 7) is 1.33. The second-order valence-electron chi connectivity index (χ2n) is 11.5. The number of esters is 2. The van der Waals surface area contributed by atoms with E-state index < -0.39 is 46.5 Å². The van der Waals surface area contributed by atoms with Crippen molar-refractivity contribution < 1.29 is 41.7 Å². The van der Waals surface area contributed by atoms with Crippen molar-refractivity contribution in [2.75, 3.05) is 19.8 Å². The number of hydrogen-bond donors (Lipinski definition) is 1. The highest BCUT2D eigenvalue weighted by molar-refractivity contribution is 8.00. The molecule has 4 aromatic rings. The Balaban J connectivity index is 1.37. The summed E-state index contributed by atoms with van der Waals surface area (Å²) in [6.07, 6.45) is 8.41. The van der Waals surface area contributed by atoms with E-state index in [1.165, 1.54) is 53.4 Å². The van der Waals surface area contributed by atoms with Gasteiger partial charge in [-0.2, -0.15) is 10.4 Å². The molecule has 2 N–H and O–H groups in total. The van der Waals surface area contributed by atoms with Gasteiger partial charge >= 0.3 is 11.9 Å². The molecule has 3 aromatic carbocycles. The largest absolute Gasteiger partial charge is 0.460 e. The summed E-state index contributed by atoms with van der Waals surface area (Å²) in [5.41, 5.74) is 4.38. The number of nitrogens with zero attached hydrogens (tertiary/aromatic N) is 4. The predicted molar refractivity (Wildman–Crippen MR) is 185 cm³/mol. The topological polar surface area (TPSA) is 152 Å². The van der Waals surface area contributed by atoms with E-state index in [1.54, 1.807) is 49.4 Å². The summed E-state index contributed by atoms with van der Waals surface area (Å²) in [6, 6.07) is 15.4. The van der Waals surface area contributed by atoms with E-state index in [4.69, 9.17) is 29.9 Å². The number of nitrogens with two attached hydrogens (primary N) is 1. The molecule has 15 heteroatoms. The van der Waals surface area contributed by atoms with Crippen LogP contribution in [0.15, 0.2) is 91.5 Å². The average Bonchev–Trinajstić information content (AvgIpc) is 3.66. The van der Waals surface area contributed by atoms with Crippen LogP contribution in [-0.2, 0) is 42.5 Å². The summed E-state index contributed by atoms with van der Waals surface area (Å²) < 4.78 is 68.9. The molecule has 0 bridgehead atoms. The van der Waals surface area contributed by atoms with Crippen molar-refractivity contribution in [3.05, 3.63) is 137 Å². The zero-order valence-corrected chi connectivity index (χ0v) is 28.7. The van der Waals surface area contributed by atoms with Crippen LogP contribution in [0.4, 0.5) is 13.2 Å². The number of thioether (sulfide) groups is 1. The SMILES string of the molecule is C[C@@H](SC1COC(/C=C/C=C/c2ccc(C#N)cc2F)OC1)[C@@](Cn1cncn1)(OC(=O)c1ccccc1COC(=O)CN)c1ccc(F)cc1F. The normalized spacial score (nSPS) is 17.8. The van der Waals surface area contributed by atoms with Crippen LogP contribution in [0.25, 0.3) is 6.08 Å². The second-order valence-corrected chi connectivity index (χ2v) is 13.2. The van der Waals surface area contributed by atoms with Gasteiger partial charge < -0.3 is 24.7 Å². The zero-order valence-electron chi connectivity index (χ0n) is 27.9. The molecule has 0 amide bonds. The first-order valence-corrected chi connectivity index (χ1v) is 16.9. The van der Waals surface area contributed by atoms with E-state index in [9.17, 15) is 18.4 Å². The number of carbonyl (C=O) groups is 2. The lowest BCUT2D eigenvalue weighted by atomic mass is 9.89. The molecular weight excluding hydrogens is 699 g/mol. The molecule has 2 atom stereocenters. The van der Waals surface area contributed by atoms with Crippen LogP contribution in [0.1, 0.15) is 39.5 Å². The Morgan fingerprint density at radius 2 is 1.90 bits per heavy atom. The molecule has 0 unspecified atom stereocenters. The Hall–Kier alpha value is -5.27. The third kappa shape index (κ3) is 9.53. The number of halogens is 3. The molecule has 1 aliphatic heterocycles. The van der Waals surface area contributed by atoms with Crippen molar-refractivity contribution in [2.45, 2.75) is 42.5 Å². The van der Waals surface area contributed by atoms with Crippen molar-refractivity contribution in [1.29, 1.82) is 5.26 Å². The van der Waals surface area contributed by atoms with Crippen LogP contribution in [-0.4, -0.2) is 63.3 Å². The molecule has 0 radical (unpaired) electrons. The summed E-state index contributed by atoms with van der Waals surface area (Å²) in [4.78, 5) is 29.8. The number of rotatable bonds is 14. The monoisotopic (exact) mass is 733 g/mol. The highest BCUT2D eigenvalue weighted by atomic mass is 32.2. The summed E-state index contributed by atoms with van der Waals surface area (Å²) in [5.74, 6) is -3.82. The minimum absolute atomic E-state index is 0.0601. The van der Waals surface area contributed by atoms with Crippen LogP contribution in [0.2, 0.25) is 0 Å². The minimum atomic E-state index is -1.80.